The molecule has 0 spiro atoms. The zero-order chi connectivity index (χ0) is 20.7. The molecule has 0 unspecified atom stereocenters. The van der Waals surface area contributed by atoms with E-state index in [1.165, 1.54) is 19.3 Å². The summed E-state index contributed by atoms with van der Waals surface area (Å²) >= 11 is 6.76. The molecule has 8 nitrogen and oxygen atoms in total. The number of hydrogen-bond donors (Lipinski definition) is 1. The Hall–Kier alpha value is -2.85. The van der Waals surface area contributed by atoms with Crippen molar-refractivity contribution in [1.29, 1.82) is 0 Å². The van der Waals surface area contributed by atoms with Crippen LogP contribution in [0.2, 0.25) is 0 Å². The Kier molecular flexibility index (Phi) is 5.05. The number of fused-ring (bicyclic) bond motifs is 1. The Morgan fingerprint density at radius 3 is 2.45 bits per heavy atom. The average molecular weight is 524 g/mol. The Bertz CT molecular complexity index is 1080. The Morgan fingerprint density at radius 1 is 1.07 bits per heavy atom. The number of benzene rings is 2. The first-order valence-corrected chi connectivity index (χ1v) is 9.82. The third kappa shape index (κ3) is 3.49. The van der Waals surface area contributed by atoms with Gasteiger partial charge in [-0.15, -0.1) is 0 Å². The summed E-state index contributed by atoms with van der Waals surface area (Å²) in [5.74, 6) is -0.0311. The first kappa shape index (κ1) is 19.5. The van der Waals surface area contributed by atoms with Crippen molar-refractivity contribution in [3.63, 3.8) is 0 Å². The van der Waals surface area contributed by atoms with Crippen LogP contribution < -0.4 is 24.4 Å². The molecule has 1 fully saturated rings. The lowest BCUT2D eigenvalue weighted by atomic mass is 10.1. The van der Waals surface area contributed by atoms with Gasteiger partial charge in [0.25, 0.3) is 11.8 Å². The number of nitrogens with zero attached hydrogens (tertiary/aromatic N) is 1. The van der Waals surface area contributed by atoms with Crippen molar-refractivity contribution in [3.8, 4) is 17.2 Å². The number of nitrogens with one attached hydrogen (secondary N) is 1. The third-order valence-electron chi connectivity index (χ3n) is 4.25. The molecule has 29 heavy (non-hydrogen) atoms. The SMILES string of the molecule is COc1c(Br)cc(/C=C2\C(=O)NC(=O)N(c3ccc4c(c3)OCO4)C2=O)cc1Br. The van der Waals surface area contributed by atoms with Crippen molar-refractivity contribution in [3.05, 3.63) is 50.4 Å². The molecule has 0 bridgehead atoms. The van der Waals surface area contributed by atoms with Crippen LogP contribution in [0.25, 0.3) is 6.08 Å². The Morgan fingerprint density at radius 2 is 1.76 bits per heavy atom. The van der Waals surface area contributed by atoms with E-state index in [-0.39, 0.29) is 18.1 Å². The van der Waals surface area contributed by atoms with Crippen LogP contribution in [-0.2, 0) is 9.59 Å². The molecule has 2 aliphatic heterocycles. The predicted octanol–water partition coefficient (Wildman–Crippen LogP) is 3.62. The fourth-order valence-corrected chi connectivity index (χ4v) is 4.49. The van der Waals surface area contributed by atoms with Crippen molar-refractivity contribution in [1.82, 2.24) is 5.32 Å². The van der Waals surface area contributed by atoms with Crippen LogP contribution in [-0.4, -0.2) is 31.7 Å². The maximum Gasteiger partial charge on any atom is 0.335 e. The number of imide groups is 2. The molecule has 0 saturated carbocycles. The van der Waals surface area contributed by atoms with Gasteiger partial charge in [-0.2, -0.15) is 0 Å². The standard InChI is InChI=1S/C19H12Br2N2O6/c1-27-16-12(20)5-9(6-13(16)21)4-11-17(24)22-19(26)23(18(11)25)10-2-3-14-15(7-10)29-8-28-14/h2-7H,8H2,1H3,(H,22,24,26)/b11-4+. The number of urea groups is 1. The summed E-state index contributed by atoms with van der Waals surface area (Å²) in [6.07, 6.45) is 1.40. The molecule has 0 atom stereocenters. The lowest BCUT2D eigenvalue weighted by molar-refractivity contribution is -0.122. The predicted molar refractivity (Wildman–Crippen MR) is 110 cm³/mol. The van der Waals surface area contributed by atoms with E-state index in [0.29, 0.717) is 31.8 Å². The van der Waals surface area contributed by atoms with E-state index in [1.807, 2.05) is 0 Å². The van der Waals surface area contributed by atoms with E-state index in [9.17, 15) is 14.4 Å². The van der Waals surface area contributed by atoms with Gasteiger partial charge in [-0.1, -0.05) is 0 Å². The monoisotopic (exact) mass is 522 g/mol. The van der Waals surface area contributed by atoms with E-state index < -0.39 is 17.8 Å². The van der Waals surface area contributed by atoms with Crippen molar-refractivity contribution in [2.45, 2.75) is 0 Å². The number of ether oxygens (including phenoxy) is 3. The number of amides is 4. The molecule has 2 heterocycles. The van der Waals surface area contributed by atoms with Gasteiger partial charge >= 0.3 is 6.03 Å². The van der Waals surface area contributed by atoms with Crippen LogP contribution in [0.4, 0.5) is 10.5 Å². The molecule has 2 aliphatic rings. The van der Waals surface area contributed by atoms with Gasteiger partial charge in [0.05, 0.1) is 21.7 Å². The highest BCUT2D eigenvalue weighted by Crippen LogP contribution is 2.37. The van der Waals surface area contributed by atoms with Crippen molar-refractivity contribution >= 4 is 61.5 Å². The van der Waals surface area contributed by atoms with Crippen LogP contribution >= 0.6 is 31.9 Å². The third-order valence-corrected chi connectivity index (χ3v) is 5.43. The van der Waals surface area contributed by atoms with Gasteiger partial charge in [-0.3, -0.25) is 14.9 Å². The van der Waals surface area contributed by atoms with Crippen LogP contribution in [0, 0.1) is 0 Å². The van der Waals surface area contributed by atoms with E-state index >= 15 is 0 Å². The second-order valence-corrected chi connectivity index (χ2v) is 7.72. The quantitative estimate of drug-likeness (QED) is 0.488. The lowest BCUT2D eigenvalue weighted by Gasteiger charge is -2.26. The maximum absolute atomic E-state index is 13.0. The number of hydrogen-bond acceptors (Lipinski definition) is 6. The molecule has 1 N–H and O–H groups in total. The molecule has 1 saturated heterocycles. The molecule has 4 amide bonds. The summed E-state index contributed by atoms with van der Waals surface area (Å²) in [4.78, 5) is 38.6. The van der Waals surface area contributed by atoms with Gasteiger partial charge in [0.15, 0.2) is 11.5 Å². The molecule has 10 heteroatoms. The van der Waals surface area contributed by atoms with Crippen molar-refractivity contribution < 1.29 is 28.6 Å². The maximum atomic E-state index is 13.0. The summed E-state index contributed by atoms with van der Waals surface area (Å²) in [6.45, 7) is 0.0593. The zero-order valence-electron chi connectivity index (χ0n) is 14.8. The van der Waals surface area contributed by atoms with Gasteiger partial charge in [0.2, 0.25) is 6.79 Å². The van der Waals surface area contributed by atoms with Crippen molar-refractivity contribution in [2.24, 2.45) is 0 Å². The Labute approximate surface area is 181 Å². The van der Waals surface area contributed by atoms with Crippen LogP contribution in [0.15, 0.2) is 44.9 Å². The van der Waals surface area contributed by atoms with E-state index in [1.54, 1.807) is 24.3 Å². The summed E-state index contributed by atoms with van der Waals surface area (Å²) in [7, 11) is 1.52. The van der Waals surface area contributed by atoms with Crippen LogP contribution in [0.3, 0.4) is 0 Å². The minimum absolute atomic E-state index is 0.0593. The minimum Gasteiger partial charge on any atom is -0.494 e. The second kappa shape index (κ2) is 7.53. The minimum atomic E-state index is -0.840. The summed E-state index contributed by atoms with van der Waals surface area (Å²) in [5, 5.41) is 2.19. The number of carbonyl (C=O) groups excluding carboxylic acids is 3. The average Bonchev–Trinajstić information content (AvgIpc) is 3.13. The molecule has 4 rings (SSSR count). The lowest BCUT2D eigenvalue weighted by Crippen LogP contribution is -2.54. The van der Waals surface area contributed by atoms with Crippen LogP contribution in [0.5, 0.6) is 17.2 Å². The van der Waals surface area contributed by atoms with Crippen molar-refractivity contribution in [2.75, 3.05) is 18.8 Å². The highest BCUT2D eigenvalue weighted by molar-refractivity contribution is 9.11. The Balaban J connectivity index is 1.73. The number of methoxy groups -OCH3 is 1. The van der Waals surface area contributed by atoms with Gasteiger partial charge < -0.3 is 14.2 Å². The number of halogens is 2. The largest absolute Gasteiger partial charge is 0.494 e. The molecule has 2 aromatic carbocycles. The number of barbiturate groups is 1. The van der Waals surface area contributed by atoms with E-state index in [2.05, 4.69) is 37.2 Å². The summed E-state index contributed by atoms with van der Waals surface area (Å²) < 4.78 is 17.1. The fraction of sp³-hybridized carbons (Fsp3) is 0.105. The van der Waals surface area contributed by atoms with Gasteiger partial charge in [0, 0.05) is 6.07 Å². The fourth-order valence-electron chi connectivity index (χ4n) is 2.94. The zero-order valence-corrected chi connectivity index (χ0v) is 18.0. The van der Waals surface area contributed by atoms with Gasteiger partial charge in [-0.05, 0) is 67.8 Å². The van der Waals surface area contributed by atoms with Gasteiger partial charge in [0.1, 0.15) is 11.3 Å². The highest BCUT2D eigenvalue weighted by atomic mass is 79.9. The second-order valence-electron chi connectivity index (χ2n) is 6.01. The first-order valence-electron chi connectivity index (χ1n) is 8.23. The molecule has 0 aromatic heterocycles. The normalized spacial score (nSPS) is 17.0. The smallest absolute Gasteiger partial charge is 0.335 e. The first-order chi connectivity index (χ1) is 13.9. The molecular formula is C19H12Br2N2O6. The number of carbonyl (C=O) groups is 3. The molecule has 148 valence electrons. The molecular weight excluding hydrogens is 512 g/mol. The van der Waals surface area contributed by atoms with E-state index in [4.69, 9.17) is 14.2 Å². The number of anilines is 1. The number of rotatable bonds is 3. The van der Waals surface area contributed by atoms with E-state index in [0.717, 1.165) is 4.90 Å². The summed E-state index contributed by atoms with van der Waals surface area (Å²) in [5.41, 5.74) is 0.626. The molecule has 0 radical (unpaired) electrons. The van der Waals surface area contributed by atoms with Crippen LogP contribution in [0.1, 0.15) is 5.56 Å². The topological polar surface area (TPSA) is 94.2 Å². The molecule has 2 aromatic rings. The molecule has 0 aliphatic carbocycles. The highest BCUT2D eigenvalue weighted by Gasteiger charge is 2.37. The summed E-state index contributed by atoms with van der Waals surface area (Å²) in [6, 6.07) is 7.19. The van der Waals surface area contributed by atoms with Gasteiger partial charge in [-0.25, -0.2) is 9.69 Å².